The second-order valence-electron chi connectivity index (χ2n) is 5.22. The van der Waals surface area contributed by atoms with Crippen LogP contribution in [0, 0.1) is 6.92 Å². The maximum absolute atomic E-state index is 12.3. The van der Waals surface area contributed by atoms with Gasteiger partial charge in [0.15, 0.2) is 11.5 Å². The Labute approximate surface area is 153 Å². The molecule has 0 aromatic heterocycles. The lowest BCUT2D eigenvalue weighted by atomic mass is 10.2. The molecule has 2 aromatic carbocycles. The molecule has 7 heteroatoms. The Balaban J connectivity index is 2.35. The van der Waals surface area contributed by atoms with Crippen LogP contribution in [0.2, 0.25) is 5.02 Å². The minimum absolute atomic E-state index is 0.136. The zero-order chi connectivity index (χ0) is 18.4. The van der Waals surface area contributed by atoms with Crippen molar-refractivity contribution in [2.75, 3.05) is 13.2 Å². The topological polar surface area (TPSA) is 65.0 Å². The molecular weight excluding hydrogens is 362 g/mol. The Morgan fingerprint density at radius 3 is 2.32 bits per heavy atom. The monoisotopic (exact) mass is 381 g/mol. The van der Waals surface area contributed by atoms with Crippen LogP contribution in [0.4, 0.5) is 0 Å². The molecule has 0 aliphatic rings. The Hall–Kier alpha value is -2.05. The molecule has 5 nitrogen and oxygen atoms in total. The van der Waals surface area contributed by atoms with Crippen molar-refractivity contribution in [3.05, 3.63) is 52.5 Å². The summed E-state index contributed by atoms with van der Waals surface area (Å²) in [5.41, 5.74) is 1.48. The van der Waals surface area contributed by atoms with Crippen molar-refractivity contribution < 1.29 is 17.9 Å². The van der Waals surface area contributed by atoms with Crippen LogP contribution in [0.1, 0.15) is 25.0 Å². The highest BCUT2D eigenvalue weighted by atomic mass is 35.5. The zero-order valence-corrected chi connectivity index (χ0v) is 15.9. The predicted molar refractivity (Wildman–Crippen MR) is 99.7 cm³/mol. The molecule has 2 rings (SSSR count). The number of ether oxygens (including phenoxy) is 2. The summed E-state index contributed by atoms with van der Waals surface area (Å²) in [6.45, 7) is 6.44. The molecule has 0 aliphatic carbocycles. The molecule has 0 radical (unpaired) electrons. The standard InChI is InChI=1S/C18H20ClNO4S/c1-4-23-17-11-14(10-16(19)18(17)24-5-2)12-20-25(21,22)15-8-6-13(3)7-9-15/h6-12H,4-5H2,1-3H3/b20-12-. The average Bonchev–Trinajstić information content (AvgIpc) is 2.57. The number of rotatable bonds is 7. The second kappa shape index (κ2) is 8.36. The van der Waals surface area contributed by atoms with Crippen molar-refractivity contribution in [1.29, 1.82) is 0 Å². The molecule has 0 heterocycles. The second-order valence-corrected chi connectivity index (χ2v) is 7.26. The normalized spacial score (nSPS) is 11.7. The molecular formula is C18H20ClNO4S. The summed E-state index contributed by atoms with van der Waals surface area (Å²) < 4.78 is 39.3. The predicted octanol–water partition coefficient (Wildman–Crippen LogP) is 4.25. The smallest absolute Gasteiger partial charge is 0.282 e. The van der Waals surface area contributed by atoms with Crippen molar-refractivity contribution in [2.45, 2.75) is 25.7 Å². The van der Waals surface area contributed by atoms with Crippen molar-refractivity contribution in [3.8, 4) is 11.5 Å². The third-order valence-electron chi connectivity index (χ3n) is 3.28. The van der Waals surface area contributed by atoms with Crippen molar-refractivity contribution in [1.82, 2.24) is 0 Å². The van der Waals surface area contributed by atoms with Gasteiger partial charge < -0.3 is 9.47 Å². The molecule has 0 amide bonds. The first-order valence-electron chi connectivity index (χ1n) is 7.83. The largest absolute Gasteiger partial charge is 0.490 e. The number of halogens is 1. The molecule has 0 unspecified atom stereocenters. The van der Waals surface area contributed by atoms with Crippen LogP contribution in [-0.2, 0) is 10.0 Å². The van der Waals surface area contributed by atoms with E-state index in [1.807, 2.05) is 20.8 Å². The number of hydrogen-bond acceptors (Lipinski definition) is 4. The molecule has 25 heavy (non-hydrogen) atoms. The van der Waals surface area contributed by atoms with Gasteiger partial charge in [-0.2, -0.15) is 12.8 Å². The van der Waals surface area contributed by atoms with Crippen molar-refractivity contribution >= 4 is 27.8 Å². The van der Waals surface area contributed by atoms with Gasteiger partial charge in [0.1, 0.15) is 0 Å². The quantitative estimate of drug-likeness (QED) is 0.672. The SMILES string of the molecule is CCOc1cc(/C=N\S(=O)(=O)c2ccc(C)cc2)cc(Cl)c1OCC. The van der Waals surface area contributed by atoms with Crippen molar-refractivity contribution in [2.24, 2.45) is 4.40 Å². The number of nitrogens with zero attached hydrogens (tertiary/aromatic N) is 1. The summed E-state index contributed by atoms with van der Waals surface area (Å²) >= 11 is 6.22. The molecule has 0 saturated carbocycles. The first-order valence-corrected chi connectivity index (χ1v) is 9.65. The van der Waals surface area contributed by atoms with E-state index < -0.39 is 10.0 Å². The number of sulfonamides is 1. The van der Waals surface area contributed by atoms with Gasteiger partial charge in [0.25, 0.3) is 10.0 Å². The molecule has 134 valence electrons. The van der Waals surface area contributed by atoms with E-state index in [1.54, 1.807) is 24.3 Å². The summed E-state index contributed by atoms with van der Waals surface area (Å²) in [6.07, 6.45) is 1.25. The van der Waals surface area contributed by atoms with Gasteiger partial charge in [-0.15, -0.1) is 0 Å². The Morgan fingerprint density at radius 2 is 1.72 bits per heavy atom. The van der Waals surface area contributed by atoms with Gasteiger partial charge >= 0.3 is 0 Å². The summed E-state index contributed by atoms with van der Waals surface area (Å²) in [5, 5.41) is 0.335. The van der Waals surface area contributed by atoms with E-state index in [0.717, 1.165) is 5.56 Å². The van der Waals surface area contributed by atoms with Crippen LogP contribution < -0.4 is 9.47 Å². The molecule has 0 fully saturated rings. The first kappa shape index (κ1) is 19.3. The van der Waals surface area contributed by atoms with Gasteiger partial charge in [0.2, 0.25) is 0 Å². The molecule has 0 aliphatic heterocycles. The molecule has 0 bridgehead atoms. The van der Waals surface area contributed by atoms with Crippen LogP contribution in [0.3, 0.4) is 0 Å². The molecule has 0 spiro atoms. The van der Waals surface area contributed by atoms with Gasteiger partial charge in [-0.1, -0.05) is 29.3 Å². The van der Waals surface area contributed by atoms with Gasteiger partial charge in [-0.25, -0.2) is 0 Å². The van der Waals surface area contributed by atoms with Gasteiger partial charge in [-0.05, 0) is 50.6 Å². The highest BCUT2D eigenvalue weighted by molar-refractivity contribution is 7.90. The lowest BCUT2D eigenvalue weighted by molar-refractivity contribution is 0.288. The third kappa shape index (κ3) is 4.96. The average molecular weight is 382 g/mol. The lowest BCUT2D eigenvalue weighted by Crippen LogP contribution is -2.01. The van der Waals surface area contributed by atoms with E-state index in [2.05, 4.69) is 4.40 Å². The number of hydrogen-bond donors (Lipinski definition) is 0. The van der Waals surface area contributed by atoms with Crippen LogP contribution in [0.25, 0.3) is 0 Å². The van der Waals surface area contributed by atoms with Gasteiger partial charge in [0, 0.05) is 6.21 Å². The van der Waals surface area contributed by atoms with Crippen molar-refractivity contribution in [3.63, 3.8) is 0 Å². The third-order valence-corrected chi connectivity index (χ3v) is 4.81. The summed E-state index contributed by atoms with van der Waals surface area (Å²) in [6, 6.07) is 9.74. The fourth-order valence-electron chi connectivity index (χ4n) is 2.11. The zero-order valence-electron chi connectivity index (χ0n) is 14.3. The summed E-state index contributed by atoms with van der Waals surface area (Å²) in [5.74, 6) is 0.885. The minimum atomic E-state index is -3.78. The Morgan fingerprint density at radius 1 is 1.08 bits per heavy atom. The van der Waals surface area contributed by atoms with E-state index in [1.165, 1.54) is 18.3 Å². The maximum Gasteiger partial charge on any atom is 0.282 e. The summed E-state index contributed by atoms with van der Waals surface area (Å²) in [7, 11) is -3.78. The van der Waals surface area contributed by atoms with Crippen LogP contribution in [0.5, 0.6) is 11.5 Å². The Bertz CT molecular complexity index is 861. The fraction of sp³-hybridized carbons (Fsp3) is 0.278. The van der Waals surface area contributed by atoms with E-state index in [4.69, 9.17) is 21.1 Å². The van der Waals surface area contributed by atoms with Gasteiger partial charge in [-0.3, -0.25) is 0 Å². The van der Waals surface area contributed by atoms with Crippen LogP contribution in [-0.4, -0.2) is 27.8 Å². The molecule has 0 N–H and O–H groups in total. The lowest BCUT2D eigenvalue weighted by Gasteiger charge is -2.13. The molecule has 0 saturated heterocycles. The maximum atomic E-state index is 12.3. The minimum Gasteiger partial charge on any atom is -0.490 e. The van der Waals surface area contributed by atoms with Crippen LogP contribution in [0.15, 0.2) is 45.7 Å². The molecule has 2 aromatic rings. The Kier molecular flexibility index (Phi) is 6.45. The van der Waals surface area contributed by atoms with E-state index >= 15 is 0 Å². The fourth-order valence-corrected chi connectivity index (χ4v) is 3.25. The van der Waals surface area contributed by atoms with E-state index in [0.29, 0.717) is 35.3 Å². The van der Waals surface area contributed by atoms with Crippen LogP contribution >= 0.6 is 11.6 Å². The number of aryl methyl sites for hydroxylation is 1. The highest BCUT2D eigenvalue weighted by Gasteiger charge is 2.14. The van der Waals surface area contributed by atoms with E-state index in [9.17, 15) is 8.42 Å². The summed E-state index contributed by atoms with van der Waals surface area (Å²) in [4.78, 5) is 0.136. The highest BCUT2D eigenvalue weighted by Crippen LogP contribution is 2.36. The van der Waals surface area contributed by atoms with Gasteiger partial charge in [0.05, 0.1) is 23.1 Å². The number of benzene rings is 2. The first-order chi connectivity index (χ1) is 11.9. The van der Waals surface area contributed by atoms with E-state index in [-0.39, 0.29) is 4.90 Å². The molecule has 0 atom stereocenters.